The fraction of sp³-hybridized carbons (Fsp3) is 0.538. The zero-order valence-corrected chi connectivity index (χ0v) is 12.9. The Labute approximate surface area is 127 Å². The van der Waals surface area contributed by atoms with Crippen LogP contribution in [0.3, 0.4) is 0 Å². The van der Waals surface area contributed by atoms with Gasteiger partial charge < -0.3 is 4.90 Å². The second-order valence-electron chi connectivity index (χ2n) is 4.52. The summed E-state index contributed by atoms with van der Waals surface area (Å²) in [4.78, 5) is 17.9. The van der Waals surface area contributed by atoms with Crippen LogP contribution in [0.25, 0.3) is 0 Å². The lowest BCUT2D eigenvalue weighted by atomic mass is 10.1. The average Bonchev–Trinajstić information content (AvgIpc) is 2.42. The predicted molar refractivity (Wildman–Crippen MR) is 80.9 cm³/mol. The Morgan fingerprint density at radius 2 is 2.00 bits per heavy atom. The van der Waals surface area contributed by atoms with Crippen LogP contribution < -0.4 is 0 Å². The maximum absolute atomic E-state index is 12.0. The van der Waals surface area contributed by atoms with Gasteiger partial charge in [-0.3, -0.25) is 4.79 Å². The molecule has 6 heteroatoms. The fourth-order valence-electron chi connectivity index (χ4n) is 2.03. The van der Waals surface area contributed by atoms with Gasteiger partial charge in [-0.1, -0.05) is 29.3 Å². The van der Waals surface area contributed by atoms with E-state index in [0.29, 0.717) is 21.8 Å². The van der Waals surface area contributed by atoms with Crippen LogP contribution in [0, 0.1) is 0 Å². The van der Waals surface area contributed by atoms with E-state index in [0.717, 1.165) is 31.5 Å². The first kappa shape index (κ1) is 14.9. The number of rotatable bonds is 4. The molecule has 0 unspecified atom stereocenters. The molecule has 0 spiro atoms. The number of hydrogen-bond acceptors (Lipinski definition) is 3. The Hall–Kier alpha value is -0.450. The minimum atomic E-state index is 0.225. The summed E-state index contributed by atoms with van der Waals surface area (Å²) in [6, 6.07) is 3.58. The van der Waals surface area contributed by atoms with Crippen LogP contribution in [0.5, 0.6) is 0 Å². The van der Waals surface area contributed by atoms with E-state index in [-0.39, 0.29) is 5.91 Å². The highest BCUT2D eigenvalue weighted by atomic mass is 35.5. The molecule has 0 saturated carbocycles. The molecule has 1 amide bonds. The summed E-state index contributed by atoms with van der Waals surface area (Å²) >= 11 is 13.3. The molecule has 19 heavy (non-hydrogen) atoms. The van der Waals surface area contributed by atoms with Crippen molar-refractivity contribution in [1.82, 2.24) is 9.88 Å². The number of piperidine rings is 1. The number of halogens is 2. The van der Waals surface area contributed by atoms with Crippen molar-refractivity contribution in [2.75, 3.05) is 18.8 Å². The Kier molecular flexibility index (Phi) is 5.79. The average molecular weight is 319 g/mol. The Bertz CT molecular complexity index is 450. The molecule has 0 atom stereocenters. The third-order valence-electron chi connectivity index (χ3n) is 3.08. The van der Waals surface area contributed by atoms with Crippen LogP contribution in [-0.4, -0.2) is 34.6 Å². The molecule has 0 aromatic carbocycles. The minimum Gasteiger partial charge on any atom is -0.342 e. The number of nitrogens with zero attached hydrogens (tertiary/aromatic N) is 2. The normalized spacial score (nSPS) is 15.6. The molecule has 1 saturated heterocycles. The number of carbonyl (C=O) groups is 1. The quantitative estimate of drug-likeness (QED) is 0.795. The lowest BCUT2D eigenvalue weighted by Crippen LogP contribution is -2.36. The Balaban J connectivity index is 1.78. The summed E-state index contributed by atoms with van der Waals surface area (Å²) in [6.45, 7) is 1.81. The largest absolute Gasteiger partial charge is 0.342 e. The van der Waals surface area contributed by atoms with E-state index in [9.17, 15) is 4.79 Å². The summed E-state index contributed by atoms with van der Waals surface area (Å²) in [5, 5.41) is 0.813. The minimum absolute atomic E-state index is 0.225. The molecule has 1 aromatic heterocycles. The van der Waals surface area contributed by atoms with E-state index in [1.807, 2.05) is 11.0 Å². The van der Waals surface area contributed by atoms with E-state index in [1.165, 1.54) is 6.42 Å². The number of aromatic nitrogens is 1. The SMILES string of the molecule is O=C(CSCc1ccc(Cl)nc1Cl)N1CCCCC1. The van der Waals surface area contributed by atoms with Crippen molar-refractivity contribution in [3.63, 3.8) is 0 Å². The van der Waals surface area contributed by atoms with Crippen molar-refractivity contribution < 1.29 is 4.79 Å². The number of carbonyl (C=O) groups excluding carboxylic acids is 1. The summed E-state index contributed by atoms with van der Waals surface area (Å²) in [5.41, 5.74) is 0.919. The molecule has 0 bridgehead atoms. The van der Waals surface area contributed by atoms with E-state index in [4.69, 9.17) is 23.2 Å². The molecule has 1 aliphatic rings. The molecule has 3 nitrogen and oxygen atoms in total. The van der Waals surface area contributed by atoms with Gasteiger partial charge in [-0.15, -0.1) is 11.8 Å². The van der Waals surface area contributed by atoms with Gasteiger partial charge in [0.25, 0.3) is 0 Å². The number of likely N-dealkylation sites (tertiary alicyclic amines) is 1. The first-order valence-electron chi connectivity index (χ1n) is 6.33. The van der Waals surface area contributed by atoms with Crippen LogP contribution in [0.15, 0.2) is 12.1 Å². The molecular weight excluding hydrogens is 303 g/mol. The molecule has 1 aliphatic heterocycles. The molecule has 1 aromatic rings. The zero-order valence-electron chi connectivity index (χ0n) is 10.6. The van der Waals surface area contributed by atoms with Gasteiger partial charge in [0, 0.05) is 18.8 Å². The first-order valence-corrected chi connectivity index (χ1v) is 8.24. The van der Waals surface area contributed by atoms with Crippen molar-refractivity contribution in [2.45, 2.75) is 25.0 Å². The summed E-state index contributed by atoms with van der Waals surface area (Å²) in [7, 11) is 0. The van der Waals surface area contributed by atoms with Gasteiger partial charge in [-0.05, 0) is 30.9 Å². The number of hydrogen-bond donors (Lipinski definition) is 0. The zero-order chi connectivity index (χ0) is 13.7. The molecule has 104 valence electrons. The van der Waals surface area contributed by atoms with Gasteiger partial charge >= 0.3 is 0 Å². The maximum atomic E-state index is 12.0. The number of pyridine rings is 1. The van der Waals surface area contributed by atoms with Gasteiger partial charge in [-0.2, -0.15) is 0 Å². The highest BCUT2D eigenvalue weighted by molar-refractivity contribution is 7.99. The van der Waals surface area contributed by atoms with Gasteiger partial charge in [0.15, 0.2) is 0 Å². The third-order valence-corrected chi connectivity index (χ3v) is 4.59. The molecule has 0 radical (unpaired) electrons. The molecule has 2 rings (SSSR count). The summed E-state index contributed by atoms with van der Waals surface area (Å²) in [5.74, 6) is 1.41. The second-order valence-corrected chi connectivity index (χ2v) is 6.25. The molecule has 0 aliphatic carbocycles. The van der Waals surface area contributed by atoms with Crippen molar-refractivity contribution in [3.8, 4) is 0 Å². The van der Waals surface area contributed by atoms with E-state index in [2.05, 4.69) is 4.98 Å². The van der Waals surface area contributed by atoms with E-state index >= 15 is 0 Å². The predicted octanol–water partition coefficient (Wildman–Crippen LogP) is 3.63. The molecule has 1 fully saturated rings. The number of thioether (sulfide) groups is 1. The van der Waals surface area contributed by atoms with Crippen molar-refractivity contribution in [1.29, 1.82) is 0 Å². The van der Waals surface area contributed by atoms with Crippen molar-refractivity contribution >= 4 is 40.9 Å². The summed E-state index contributed by atoms with van der Waals surface area (Å²) in [6.07, 6.45) is 3.50. The lowest BCUT2D eigenvalue weighted by molar-refractivity contribution is -0.129. The third kappa shape index (κ3) is 4.55. The maximum Gasteiger partial charge on any atom is 0.232 e. The van der Waals surface area contributed by atoms with Gasteiger partial charge in [0.2, 0.25) is 5.91 Å². The standard InChI is InChI=1S/C13H16Cl2N2OS/c14-11-5-4-10(13(15)16-11)8-19-9-12(18)17-6-2-1-3-7-17/h4-5H,1-3,6-9H2. The lowest BCUT2D eigenvalue weighted by Gasteiger charge is -2.26. The fourth-order valence-corrected chi connectivity index (χ4v) is 3.43. The van der Waals surface area contributed by atoms with Crippen molar-refractivity contribution in [2.24, 2.45) is 0 Å². The first-order chi connectivity index (χ1) is 9.16. The van der Waals surface area contributed by atoms with E-state index in [1.54, 1.807) is 17.8 Å². The van der Waals surface area contributed by atoms with Crippen LogP contribution in [0.2, 0.25) is 10.3 Å². The van der Waals surface area contributed by atoms with Gasteiger partial charge in [0.1, 0.15) is 10.3 Å². The van der Waals surface area contributed by atoms with Crippen molar-refractivity contribution in [3.05, 3.63) is 28.0 Å². The second kappa shape index (κ2) is 7.36. The van der Waals surface area contributed by atoms with Gasteiger partial charge in [-0.25, -0.2) is 4.98 Å². The van der Waals surface area contributed by atoms with Gasteiger partial charge in [0.05, 0.1) is 5.75 Å². The van der Waals surface area contributed by atoms with Crippen LogP contribution >= 0.6 is 35.0 Å². The molecular formula is C13H16Cl2N2OS. The Morgan fingerprint density at radius 3 is 2.68 bits per heavy atom. The Morgan fingerprint density at radius 1 is 1.26 bits per heavy atom. The molecule has 2 heterocycles. The monoisotopic (exact) mass is 318 g/mol. The topological polar surface area (TPSA) is 33.2 Å². The highest BCUT2D eigenvalue weighted by Crippen LogP contribution is 2.22. The summed E-state index contributed by atoms with van der Waals surface area (Å²) < 4.78 is 0. The van der Waals surface area contributed by atoms with Crippen LogP contribution in [-0.2, 0) is 10.5 Å². The number of amides is 1. The van der Waals surface area contributed by atoms with Crippen LogP contribution in [0.1, 0.15) is 24.8 Å². The highest BCUT2D eigenvalue weighted by Gasteiger charge is 2.16. The van der Waals surface area contributed by atoms with Crippen LogP contribution in [0.4, 0.5) is 0 Å². The molecule has 0 N–H and O–H groups in total. The smallest absolute Gasteiger partial charge is 0.232 e. The van der Waals surface area contributed by atoms with E-state index < -0.39 is 0 Å².